The molecule has 0 saturated carbocycles. The van der Waals surface area contributed by atoms with Gasteiger partial charge in [-0.05, 0) is 25.0 Å². The predicted octanol–water partition coefficient (Wildman–Crippen LogP) is 2.13. The molecule has 0 aliphatic carbocycles. The average molecular weight is 352 g/mol. The summed E-state index contributed by atoms with van der Waals surface area (Å²) < 4.78 is 65.5. The molecule has 0 atom stereocenters. The van der Waals surface area contributed by atoms with Crippen molar-refractivity contribution in [2.75, 3.05) is 13.1 Å². The fraction of sp³-hybridized carbons (Fsp3) is 0.462. The van der Waals surface area contributed by atoms with Crippen molar-refractivity contribution in [1.82, 2.24) is 9.62 Å². The zero-order valence-electron chi connectivity index (χ0n) is 11.9. The van der Waals surface area contributed by atoms with E-state index in [9.17, 15) is 26.4 Å². The van der Waals surface area contributed by atoms with Crippen LogP contribution in [0.3, 0.4) is 0 Å². The summed E-state index contributed by atoms with van der Waals surface area (Å²) in [6, 6.07) is 3.35. The van der Waals surface area contributed by atoms with Crippen LogP contribution < -0.4 is 4.72 Å². The highest BCUT2D eigenvalue weighted by atomic mass is 32.2. The summed E-state index contributed by atoms with van der Waals surface area (Å²) in [5, 5.41) is 8.82. The molecule has 0 spiro atoms. The van der Waals surface area contributed by atoms with E-state index in [-0.39, 0.29) is 25.9 Å². The highest BCUT2D eigenvalue weighted by molar-refractivity contribution is 7.89. The number of carboxylic acid groups (broad SMARTS) is 1. The van der Waals surface area contributed by atoms with E-state index in [1.807, 2.05) is 0 Å². The van der Waals surface area contributed by atoms with Crippen LogP contribution in [-0.4, -0.2) is 43.6 Å². The van der Waals surface area contributed by atoms with Crippen LogP contribution >= 0.6 is 0 Å². The summed E-state index contributed by atoms with van der Waals surface area (Å²) >= 11 is 0. The zero-order valence-corrected chi connectivity index (χ0v) is 12.7. The van der Waals surface area contributed by atoms with Gasteiger partial charge in [-0.1, -0.05) is 12.1 Å². The molecule has 1 aromatic carbocycles. The van der Waals surface area contributed by atoms with Crippen molar-refractivity contribution in [2.45, 2.75) is 30.0 Å². The number of alkyl halides is 3. The van der Waals surface area contributed by atoms with E-state index in [4.69, 9.17) is 5.11 Å². The van der Waals surface area contributed by atoms with Crippen LogP contribution in [0.1, 0.15) is 18.4 Å². The molecule has 1 heterocycles. The van der Waals surface area contributed by atoms with E-state index >= 15 is 0 Å². The number of rotatable bonds is 3. The van der Waals surface area contributed by atoms with E-state index in [0.29, 0.717) is 6.07 Å². The molecule has 1 saturated heterocycles. The Morgan fingerprint density at radius 2 is 1.78 bits per heavy atom. The average Bonchev–Trinajstić information content (AvgIpc) is 2.46. The second-order valence-electron chi connectivity index (χ2n) is 5.16. The van der Waals surface area contributed by atoms with E-state index in [1.54, 1.807) is 0 Å². The Kier molecular flexibility index (Phi) is 4.85. The number of benzene rings is 1. The Bertz CT molecular complexity index is 683. The van der Waals surface area contributed by atoms with Crippen molar-refractivity contribution in [3.8, 4) is 0 Å². The summed E-state index contributed by atoms with van der Waals surface area (Å²) in [5.74, 6) is 0. The molecular formula is C13H15F3N2O4S. The maximum atomic E-state index is 12.9. The van der Waals surface area contributed by atoms with Crippen molar-refractivity contribution in [3.05, 3.63) is 29.8 Å². The molecule has 0 unspecified atom stereocenters. The molecule has 1 aromatic rings. The first-order chi connectivity index (χ1) is 10.6. The minimum Gasteiger partial charge on any atom is -0.465 e. The van der Waals surface area contributed by atoms with Crippen LogP contribution in [0, 0.1) is 0 Å². The molecule has 1 amide bonds. The molecule has 128 valence electrons. The first-order valence-corrected chi connectivity index (χ1v) is 8.26. The number of piperidine rings is 1. The molecule has 2 N–H and O–H groups in total. The fourth-order valence-corrected chi connectivity index (χ4v) is 3.94. The number of halogens is 3. The van der Waals surface area contributed by atoms with E-state index in [1.165, 1.54) is 6.07 Å². The predicted molar refractivity (Wildman–Crippen MR) is 74.4 cm³/mol. The third kappa shape index (κ3) is 4.14. The second kappa shape index (κ2) is 6.36. The van der Waals surface area contributed by atoms with Crippen molar-refractivity contribution in [2.24, 2.45) is 0 Å². The lowest BCUT2D eigenvalue weighted by Crippen LogP contribution is -2.46. The number of sulfonamides is 1. The van der Waals surface area contributed by atoms with Gasteiger partial charge in [0.15, 0.2) is 0 Å². The number of nitrogens with zero attached hydrogens (tertiary/aromatic N) is 1. The third-order valence-electron chi connectivity index (χ3n) is 3.57. The largest absolute Gasteiger partial charge is 0.465 e. The van der Waals surface area contributed by atoms with Crippen LogP contribution in [0.15, 0.2) is 29.2 Å². The maximum Gasteiger partial charge on any atom is 0.417 e. The van der Waals surface area contributed by atoms with E-state index in [0.717, 1.165) is 17.0 Å². The molecule has 1 fully saturated rings. The number of hydrogen-bond acceptors (Lipinski definition) is 3. The minimum atomic E-state index is -4.78. The van der Waals surface area contributed by atoms with Crippen molar-refractivity contribution >= 4 is 16.1 Å². The molecule has 0 aromatic heterocycles. The summed E-state index contributed by atoms with van der Waals surface area (Å²) in [6.45, 7) is 0.257. The number of carbonyl (C=O) groups is 1. The number of hydrogen-bond donors (Lipinski definition) is 2. The van der Waals surface area contributed by atoms with Gasteiger partial charge in [-0.25, -0.2) is 17.9 Å². The lowest BCUT2D eigenvalue weighted by molar-refractivity contribution is -0.139. The molecule has 2 rings (SSSR count). The van der Waals surface area contributed by atoms with Gasteiger partial charge in [0, 0.05) is 19.1 Å². The summed E-state index contributed by atoms with van der Waals surface area (Å²) in [7, 11) is -4.35. The van der Waals surface area contributed by atoms with Gasteiger partial charge < -0.3 is 10.0 Å². The zero-order chi connectivity index (χ0) is 17.3. The Morgan fingerprint density at radius 3 is 2.30 bits per heavy atom. The lowest BCUT2D eigenvalue weighted by atomic mass is 10.1. The molecule has 0 bridgehead atoms. The topological polar surface area (TPSA) is 86.7 Å². The van der Waals surface area contributed by atoms with Gasteiger partial charge in [0.25, 0.3) is 0 Å². The Morgan fingerprint density at radius 1 is 1.22 bits per heavy atom. The van der Waals surface area contributed by atoms with Gasteiger partial charge in [-0.15, -0.1) is 0 Å². The first kappa shape index (κ1) is 17.5. The van der Waals surface area contributed by atoms with E-state index in [2.05, 4.69) is 4.72 Å². The molecule has 1 aliphatic heterocycles. The van der Waals surface area contributed by atoms with Crippen LogP contribution in [0.2, 0.25) is 0 Å². The van der Waals surface area contributed by atoms with Gasteiger partial charge in [-0.3, -0.25) is 0 Å². The highest BCUT2D eigenvalue weighted by Crippen LogP contribution is 2.34. The molecular weight excluding hydrogens is 337 g/mol. The molecule has 0 radical (unpaired) electrons. The van der Waals surface area contributed by atoms with Crippen LogP contribution in [0.5, 0.6) is 0 Å². The summed E-state index contributed by atoms with van der Waals surface area (Å²) in [5.41, 5.74) is -1.23. The number of amides is 1. The second-order valence-corrected chi connectivity index (χ2v) is 6.84. The summed E-state index contributed by atoms with van der Waals surface area (Å²) in [4.78, 5) is 11.1. The Balaban J connectivity index is 2.17. The van der Waals surface area contributed by atoms with Crippen LogP contribution in [0.25, 0.3) is 0 Å². The standard InChI is InChI=1S/C13H15F3N2O4S/c14-13(15,16)10-3-1-2-4-11(10)23(21,22)17-9-5-7-18(8-6-9)12(19)20/h1-4,9,17H,5-8H2,(H,19,20). The maximum absolute atomic E-state index is 12.9. The molecule has 23 heavy (non-hydrogen) atoms. The van der Waals surface area contributed by atoms with Gasteiger partial charge in [0.2, 0.25) is 10.0 Å². The monoisotopic (exact) mass is 352 g/mol. The Hall–Kier alpha value is -1.81. The van der Waals surface area contributed by atoms with Crippen molar-refractivity contribution in [1.29, 1.82) is 0 Å². The number of likely N-dealkylation sites (tertiary alicyclic amines) is 1. The quantitative estimate of drug-likeness (QED) is 0.872. The van der Waals surface area contributed by atoms with Gasteiger partial charge in [-0.2, -0.15) is 13.2 Å². The minimum absolute atomic E-state index is 0.128. The molecule has 1 aliphatic rings. The van der Waals surface area contributed by atoms with Crippen molar-refractivity contribution in [3.63, 3.8) is 0 Å². The third-order valence-corrected chi connectivity index (χ3v) is 5.15. The number of nitrogens with one attached hydrogen (secondary N) is 1. The summed E-state index contributed by atoms with van der Waals surface area (Å²) in [6.07, 6.45) is -5.47. The van der Waals surface area contributed by atoms with Crippen LogP contribution in [-0.2, 0) is 16.2 Å². The van der Waals surface area contributed by atoms with Crippen LogP contribution in [0.4, 0.5) is 18.0 Å². The Labute approximate surface area is 131 Å². The smallest absolute Gasteiger partial charge is 0.417 e. The highest BCUT2D eigenvalue weighted by Gasteiger charge is 2.37. The first-order valence-electron chi connectivity index (χ1n) is 6.77. The fourth-order valence-electron chi connectivity index (χ4n) is 2.41. The van der Waals surface area contributed by atoms with Gasteiger partial charge in [0.1, 0.15) is 0 Å². The lowest BCUT2D eigenvalue weighted by Gasteiger charge is -2.30. The van der Waals surface area contributed by atoms with Crippen molar-refractivity contribution < 1.29 is 31.5 Å². The SMILES string of the molecule is O=C(O)N1CCC(NS(=O)(=O)c2ccccc2C(F)(F)F)CC1. The molecule has 6 nitrogen and oxygen atoms in total. The molecule has 10 heteroatoms. The van der Waals surface area contributed by atoms with E-state index < -0.39 is 38.8 Å². The van der Waals surface area contributed by atoms with Gasteiger partial charge in [0.05, 0.1) is 10.5 Å². The van der Waals surface area contributed by atoms with Gasteiger partial charge >= 0.3 is 12.3 Å². The normalized spacial score (nSPS) is 17.3.